The van der Waals surface area contributed by atoms with Gasteiger partial charge < -0.3 is 20.9 Å². The Balaban J connectivity index is 1.58. The number of nitrogens with one attached hydrogen (secondary N) is 2. The Morgan fingerprint density at radius 3 is 2.69 bits per heavy atom. The first kappa shape index (κ1) is 25.8. The first-order chi connectivity index (χ1) is 17.2. The van der Waals surface area contributed by atoms with Crippen LogP contribution in [0.1, 0.15) is 51.0 Å². The van der Waals surface area contributed by atoms with Gasteiger partial charge in [-0.25, -0.2) is 9.97 Å². The second kappa shape index (κ2) is 10.8. The number of aromatic nitrogens is 4. The average Bonchev–Trinajstić information content (AvgIpc) is 3.50. The van der Waals surface area contributed by atoms with Gasteiger partial charge in [0, 0.05) is 29.9 Å². The molecule has 0 aromatic carbocycles. The minimum Gasteiger partial charge on any atom is -0.368 e. The molecule has 10 nitrogen and oxygen atoms in total. The van der Waals surface area contributed by atoms with Gasteiger partial charge in [-0.15, -0.1) is 11.3 Å². The highest BCUT2D eigenvalue weighted by atomic mass is 35.5. The number of aromatic amines is 1. The van der Waals surface area contributed by atoms with Crippen molar-refractivity contribution in [3.05, 3.63) is 49.8 Å². The van der Waals surface area contributed by atoms with Crippen LogP contribution in [0.5, 0.6) is 0 Å². The number of fused-ring (bicyclic) bond motifs is 1. The number of amides is 2. The summed E-state index contributed by atoms with van der Waals surface area (Å²) in [6.07, 6.45) is 3.26. The van der Waals surface area contributed by atoms with E-state index in [1.54, 1.807) is 18.3 Å². The summed E-state index contributed by atoms with van der Waals surface area (Å²) in [7, 11) is 0. The summed E-state index contributed by atoms with van der Waals surface area (Å²) in [5.74, 6) is -0.161. The van der Waals surface area contributed by atoms with Gasteiger partial charge in [-0.3, -0.25) is 14.5 Å². The number of nitrogens with zero attached hydrogens (tertiary/aromatic N) is 5. The summed E-state index contributed by atoms with van der Waals surface area (Å²) >= 11 is 7.94. The minimum absolute atomic E-state index is 0.0205. The van der Waals surface area contributed by atoms with Gasteiger partial charge in [-0.05, 0) is 39.1 Å². The van der Waals surface area contributed by atoms with Crippen LogP contribution in [0, 0.1) is 13.8 Å². The zero-order chi connectivity index (χ0) is 26.0. The van der Waals surface area contributed by atoms with Gasteiger partial charge in [0.15, 0.2) is 5.82 Å². The molecular weight excluding hydrogens is 500 g/mol. The number of anilines is 2. The molecule has 1 aliphatic rings. The molecule has 3 aromatic rings. The van der Waals surface area contributed by atoms with Crippen molar-refractivity contribution in [1.29, 1.82) is 0 Å². The van der Waals surface area contributed by atoms with Crippen LogP contribution in [0.15, 0.2) is 12.3 Å². The second-order valence-corrected chi connectivity index (χ2v) is 10.0. The lowest BCUT2D eigenvalue weighted by atomic mass is 10.1. The molecule has 1 aliphatic heterocycles. The molecule has 0 saturated carbocycles. The number of likely N-dealkylation sites (N-methyl/N-ethyl adjacent to an activating group) is 1. The number of halogens is 1. The van der Waals surface area contributed by atoms with E-state index >= 15 is 0 Å². The minimum atomic E-state index is -0.294. The van der Waals surface area contributed by atoms with Crippen molar-refractivity contribution < 1.29 is 9.59 Å². The summed E-state index contributed by atoms with van der Waals surface area (Å²) < 4.78 is 0. The van der Waals surface area contributed by atoms with Crippen molar-refractivity contribution in [2.24, 2.45) is 0 Å². The van der Waals surface area contributed by atoms with E-state index in [0.717, 1.165) is 35.2 Å². The number of hydrogen-bond acceptors (Lipinski definition) is 8. The van der Waals surface area contributed by atoms with E-state index in [-0.39, 0.29) is 29.5 Å². The second-order valence-electron chi connectivity index (χ2n) is 8.40. The molecule has 4 heterocycles. The Labute approximate surface area is 218 Å². The van der Waals surface area contributed by atoms with E-state index in [0.29, 0.717) is 34.8 Å². The van der Waals surface area contributed by atoms with Gasteiger partial charge in [0.1, 0.15) is 10.2 Å². The highest BCUT2D eigenvalue weighted by Crippen LogP contribution is 2.41. The normalized spacial score (nSPS) is 14.2. The predicted octanol–water partition coefficient (Wildman–Crippen LogP) is 3.27. The molecule has 3 aromatic heterocycles. The maximum absolute atomic E-state index is 13.5. The summed E-state index contributed by atoms with van der Waals surface area (Å²) in [6, 6.07) is 1.69. The number of aryl methyl sites for hydroxylation is 2. The number of hydrogen-bond donors (Lipinski definition) is 3. The third-order valence-electron chi connectivity index (χ3n) is 6.11. The highest BCUT2D eigenvalue weighted by molar-refractivity contribution is 7.11. The average molecular weight is 529 g/mol. The van der Waals surface area contributed by atoms with Gasteiger partial charge >= 0.3 is 0 Å². The standard InChI is InChI=1S/C24H29ClN8O2S/c1-5-32(6-2)8-7-27-22(34)15-9-16(28-11-15)10-17-19-20(25)30-24(26)31-21(19)33(23(17)35)12-18-29-13(3)14(4)36-18/h9-11,28H,5-8,12H2,1-4H3,(H,27,34)(H2,26,30,31)/b17-10+. The van der Waals surface area contributed by atoms with Crippen molar-refractivity contribution in [3.8, 4) is 0 Å². The van der Waals surface area contributed by atoms with E-state index in [4.69, 9.17) is 17.3 Å². The molecule has 4 N–H and O–H groups in total. The highest BCUT2D eigenvalue weighted by Gasteiger charge is 2.37. The molecule has 0 saturated heterocycles. The summed E-state index contributed by atoms with van der Waals surface area (Å²) in [5.41, 5.74) is 8.53. The third-order valence-corrected chi connectivity index (χ3v) is 7.44. The number of carbonyl (C=O) groups excluding carboxylic acids is 2. The van der Waals surface area contributed by atoms with E-state index < -0.39 is 0 Å². The van der Waals surface area contributed by atoms with Gasteiger partial charge in [-0.2, -0.15) is 4.98 Å². The van der Waals surface area contributed by atoms with E-state index in [9.17, 15) is 9.59 Å². The van der Waals surface area contributed by atoms with Gasteiger partial charge in [-0.1, -0.05) is 25.4 Å². The molecule has 0 fully saturated rings. The molecule has 190 valence electrons. The third kappa shape index (κ3) is 5.28. The number of nitrogen functional groups attached to an aromatic ring is 1. The maximum Gasteiger partial charge on any atom is 0.260 e. The van der Waals surface area contributed by atoms with Crippen LogP contribution in [0.25, 0.3) is 11.6 Å². The Bertz CT molecular complexity index is 1310. The summed E-state index contributed by atoms with van der Waals surface area (Å²) in [6.45, 7) is 11.5. The molecule has 36 heavy (non-hydrogen) atoms. The lowest BCUT2D eigenvalue weighted by Crippen LogP contribution is -2.34. The quantitative estimate of drug-likeness (QED) is 0.286. The molecule has 0 bridgehead atoms. The fourth-order valence-corrected chi connectivity index (χ4v) is 5.18. The lowest BCUT2D eigenvalue weighted by Gasteiger charge is -2.17. The number of carbonyl (C=O) groups is 2. The van der Waals surface area contributed by atoms with Crippen LogP contribution in [0.2, 0.25) is 5.15 Å². The number of thiazole rings is 1. The summed E-state index contributed by atoms with van der Waals surface area (Å²) in [4.78, 5) is 46.9. The Hall–Kier alpha value is -3.28. The van der Waals surface area contributed by atoms with E-state index in [1.807, 2.05) is 13.8 Å². The van der Waals surface area contributed by atoms with Crippen LogP contribution in [0.3, 0.4) is 0 Å². The van der Waals surface area contributed by atoms with Crippen molar-refractivity contribution in [1.82, 2.24) is 30.2 Å². The molecule has 12 heteroatoms. The van der Waals surface area contributed by atoms with Crippen LogP contribution < -0.4 is 16.0 Å². The fourth-order valence-electron chi connectivity index (χ4n) is 3.99. The lowest BCUT2D eigenvalue weighted by molar-refractivity contribution is -0.113. The van der Waals surface area contributed by atoms with Gasteiger partial charge in [0.25, 0.3) is 11.8 Å². The first-order valence-electron chi connectivity index (χ1n) is 11.7. The molecular formula is C24H29ClN8O2S. The zero-order valence-corrected chi connectivity index (χ0v) is 22.3. The van der Waals surface area contributed by atoms with E-state index in [2.05, 4.69) is 44.0 Å². The number of nitrogens with two attached hydrogens (primary N) is 1. The topological polar surface area (TPSA) is 133 Å². The molecule has 2 amide bonds. The molecule has 4 rings (SSSR count). The van der Waals surface area contributed by atoms with Crippen molar-refractivity contribution in [3.63, 3.8) is 0 Å². The first-order valence-corrected chi connectivity index (χ1v) is 12.9. The molecule has 0 radical (unpaired) electrons. The monoisotopic (exact) mass is 528 g/mol. The zero-order valence-electron chi connectivity index (χ0n) is 20.7. The predicted molar refractivity (Wildman–Crippen MR) is 143 cm³/mol. The van der Waals surface area contributed by atoms with Gasteiger partial charge in [0.2, 0.25) is 5.95 Å². The Kier molecular flexibility index (Phi) is 7.72. The van der Waals surface area contributed by atoms with Crippen LogP contribution in [-0.2, 0) is 11.3 Å². The van der Waals surface area contributed by atoms with Crippen LogP contribution in [0.4, 0.5) is 11.8 Å². The van der Waals surface area contributed by atoms with Crippen LogP contribution in [-0.4, -0.2) is 62.8 Å². The fraction of sp³-hybridized carbons (Fsp3) is 0.375. The van der Waals surface area contributed by atoms with Crippen LogP contribution >= 0.6 is 22.9 Å². The molecule has 0 spiro atoms. The summed E-state index contributed by atoms with van der Waals surface area (Å²) in [5, 5.41) is 3.80. The van der Waals surface area contributed by atoms with Gasteiger partial charge in [0.05, 0.1) is 28.9 Å². The smallest absolute Gasteiger partial charge is 0.260 e. The Morgan fingerprint density at radius 1 is 1.28 bits per heavy atom. The van der Waals surface area contributed by atoms with E-state index in [1.165, 1.54) is 16.2 Å². The van der Waals surface area contributed by atoms with Crippen molar-refractivity contribution in [2.45, 2.75) is 34.2 Å². The maximum atomic E-state index is 13.5. The molecule has 0 aliphatic carbocycles. The molecule has 0 atom stereocenters. The Morgan fingerprint density at radius 2 is 2.03 bits per heavy atom. The molecule has 0 unspecified atom stereocenters. The van der Waals surface area contributed by atoms with Crippen molar-refractivity contribution >= 4 is 58.2 Å². The number of H-pyrrole nitrogens is 1. The van der Waals surface area contributed by atoms with Crippen molar-refractivity contribution in [2.75, 3.05) is 36.8 Å². The SMILES string of the molecule is CCN(CC)CCNC(=O)c1c[nH]c(/C=C2/C(=O)N(Cc3nc(C)c(C)s3)c3nc(N)nc(Cl)c32)c1. The number of rotatable bonds is 9. The largest absolute Gasteiger partial charge is 0.368 e.